The minimum atomic E-state index is -0.428. The Morgan fingerprint density at radius 3 is 2.31 bits per heavy atom. The van der Waals surface area contributed by atoms with Gasteiger partial charge in [-0.1, -0.05) is 142 Å². The molecule has 1 heterocycles. The maximum atomic E-state index is 12.9. The van der Waals surface area contributed by atoms with Crippen LogP contribution in [-0.4, -0.2) is 81.8 Å². The lowest BCUT2D eigenvalue weighted by Crippen LogP contribution is -2.51. The molecule has 8 nitrogen and oxygen atoms in total. The average Bonchev–Trinajstić information content (AvgIpc) is 3.67. The van der Waals surface area contributed by atoms with E-state index in [1.54, 1.807) is 0 Å². The Labute approximate surface area is 411 Å². The number of nitrogens with zero attached hydrogens (tertiary/aromatic N) is 1. The molecule has 0 aromatic heterocycles. The zero-order valence-corrected chi connectivity index (χ0v) is 44.2. The van der Waals surface area contributed by atoms with Crippen molar-refractivity contribution in [3.05, 3.63) is 36.0 Å². The lowest BCUT2D eigenvalue weighted by atomic mass is 9.47. The maximum absolute atomic E-state index is 12.9. The Bertz CT molecular complexity index is 1490. The molecule has 0 bridgehead atoms. The fourth-order valence-corrected chi connectivity index (χ4v) is 13.6. The van der Waals surface area contributed by atoms with Crippen molar-refractivity contribution in [3.8, 4) is 0 Å². The van der Waals surface area contributed by atoms with E-state index in [-0.39, 0.29) is 43.2 Å². The van der Waals surface area contributed by atoms with Crippen LogP contribution in [0.5, 0.6) is 0 Å². The largest absolute Gasteiger partial charge is 0.463 e. The van der Waals surface area contributed by atoms with Gasteiger partial charge in [-0.25, -0.2) is 4.79 Å². The second-order valence-electron chi connectivity index (χ2n) is 23.0. The number of rotatable bonds is 32. The van der Waals surface area contributed by atoms with Crippen molar-refractivity contribution in [1.29, 1.82) is 0 Å². The summed E-state index contributed by atoms with van der Waals surface area (Å²) in [4.78, 5) is 28.0. The van der Waals surface area contributed by atoms with Gasteiger partial charge in [-0.2, -0.15) is 0 Å². The summed E-state index contributed by atoms with van der Waals surface area (Å²) >= 11 is 0. The van der Waals surface area contributed by atoms with Crippen LogP contribution in [0.1, 0.15) is 215 Å². The van der Waals surface area contributed by atoms with Gasteiger partial charge < -0.3 is 29.2 Å². The Hall–Kier alpha value is -2.16. The number of likely N-dealkylation sites (tertiary alicyclic amines) is 1. The minimum absolute atomic E-state index is 0.0436. The lowest BCUT2D eigenvalue weighted by Gasteiger charge is -2.58. The molecule has 4 fully saturated rings. The van der Waals surface area contributed by atoms with E-state index in [2.05, 4.69) is 82.1 Å². The number of allylic oxidation sites excluding steroid dienone is 5. The van der Waals surface area contributed by atoms with E-state index in [4.69, 9.17) is 18.9 Å². The van der Waals surface area contributed by atoms with Gasteiger partial charge >= 0.3 is 12.1 Å². The van der Waals surface area contributed by atoms with E-state index in [1.807, 2.05) is 0 Å². The first-order chi connectivity index (χ1) is 32.5. The van der Waals surface area contributed by atoms with Gasteiger partial charge in [0.25, 0.3) is 0 Å². The SMILES string of the molecule is CCCCCC=CCC=CCCCCCCCCOCC(CN1CCCCC1)OCCOC(=O)CCNC(=O)O[C@H]1CC[C@@]2(C)C(=CC[C@H]3[C@@H]4CC[C@H]([C@H](C)CCCC(C)C)[C@@]4(C)CC[C@@H]32)C1. The van der Waals surface area contributed by atoms with Gasteiger partial charge in [-0.3, -0.25) is 4.79 Å². The predicted octanol–water partition coefficient (Wildman–Crippen LogP) is 14.8. The van der Waals surface area contributed by atoms with E-state index >= 15 is 0 Å². The van der Waals surface area contributed by atoms with Crippen LogP contribution in [-0.2, 0) is 23.7 Å². The first kappa shape index (κ1) is 55.8. The van der Waals surface area contributed by atoms with Gasteiger partial charge in [-0.05, 0) is 156 Å². The normalized spacial score (nSPS) is 28.5. The third kappa shape index (κ3) is 18.5. The van der Waals surface area contributed by atoms with E-state index < -0.39 is 6.09 Å². The second kappa shape index (κ2) is 30.5. The standard InChI is InChI=1S/C59H102N2O6/c1-7-8-9-10-11-12-13-14-15-16-17-18-19-20-21-25-41-64-46-51(45-61-39-23-22-24-40-61)65-42-43-66-56(62)35-38-60-57(63)67-50-33-36-58(5)49(44-50)29-30-52-54-32-31-53(48(4)28-26-27-47(2)3)59(54,6)37-34-55(52)58/h11-12,14-15,29,47-48,50-55H,7-10,13,16-28,30-46H2,1-6H3,(H,60,63)/t48-,50+,51?,52+,53-,54+,55+,58+,59-/m1/s1. The molecule has 1 N–H and O–H groups in total. The molecule has 0 radical (unpaired) electrons. The van der Waals surface area contributed by atoms with Crippen molar-refractivity contribution in [3.63, 3.8) is 0 Å². The molecule has 5 aliphatic rings. The van der Waals surface area contributed by atoms with Crippen LogP contribution in [0.2, 0.25) is 0 Å². The number of carbonyl (C=O) groups is 2. The molecule has 3 saturated carbocycles. The summed E-state index contributed by atoms with van der Waals surface area (Å²) < 4.78 is 23.9. The van der Waals surface area contributed by atoms with Crippen molar-refractivity contribution in [2.75, 3.05) is 52.6 Å². The Morgan fingerprint density at radius 1 is 0.806 bits per heavy atom. The highest BCUT2D eigenvalue weighted by Crippen LogP contribution is 2.67. The van der Waals surface area contributed by atoms with Crippen LogP contribution < -0.4 is 5.32 Å². The number of hydrogen-bond acceptors (Lipinski definition) is 7. The van der Waals surface area contributed by atoms with Crippen molar-refractivity contribution >= 4 is 12.1 Å². The molecule has 8 heteroatoms. The molecule has 0 aromatic rings. The number of amides is 1. The number of piperidine rings is 1. The molecular weight excluding hydrogens is 833 g/mol. The lowest BCUT2D eigenvalue weighted by molar-refractivity contribution is -0.146. The van der Waals surface area contributed by atoms with Gasteiger partial charge in [0.15, 0.2) is 0 Å². The number of unbranched alkanes of at least 4 members (excludes halogenated alkanes) is 9. The number of alkyl carbamates (subject to hydrolysis) is 1. The number of fused-ring (bicyclic) bond motifs is 5. The summed E-state index contributed by atoms with van der Waals surface area (Å²) in [6, 6.07) is 0. The number of hydrogen-bond donors (Lipinski definition) is 1. The van der Waals surface area contributed by atoms with Crippen molar-refractivity contribution in [2.45, 2.75) is 227 Å². The highest BCUT2D eigenvalue weighted by Gasteiger charge is 2.59. The van der Waals surface area contributed by atoms with Crippen LogP contribution in [0.25, 0.3) is 0 Å². The molecule has 5 rings (SSSR count). The highest BCUT2D eigenvalue weighted by atomic mass is 16.6. The Kier molecular flexibility index (Phi) is 25.4. The third-order valence-corrected chi connectivity index (χ3v) is 17.5. The van der Waals surface area contributed by atoms with Gasteiger partial charge in [-0.15, -0.1) is 0 Å². The van der Waals surface area contributed by atoms with Crippen LogP contribution in [0.3, 0.4) is 0 Å². The van der Waals surface area contributed by atoms with E-state index in [1.165, 1.54) is 140 Å². The summed E-state index contributed by atoms with van der Waals surface area (Å²) in [6.07, 6.45) is 43.8. The molecule has 1 aliphatic heterocycles. The number of nitrogens with one attached hydrogen (secondary N) is 1. The van der Waals surface area contributed by atoms with E-state index in [9.17, 15) is 9.59 Å². The second-order valence-corrected chi connectivity index (χ2v) is 23.0. The molecule has 1 unspecified atom stereocenters. The summed E-state index contributed by atoms with van der Waals surface area (Å²) in [5.41, 5.74) is 2.24. The van der Waals surface area contributed by atoms with Crippen LogP contribution in [0.4, 0.5) is 4.79 Å². The Balaban J connectivity index is 0.909. The average molecular weight is 935 g/mol. The summed E-state index contributed by atoms with van der Waals surface area (Å²) in [6.45, 7) is 19.9. The molecule has 67 heavy (non-hydrogen) atoms. The maximum Gasteiger partial charge on any atom is 0.407 e. The zero-order chi connectivity index (χ0) is 47.7. The summed E-state index contributed by atoms with van der Waals surface area (Å²) in [5, 5.41) is 2.83. The molecule has 0 aromatic carbocycles. The van der Waals surface area contributed by atoms with Gasteiger partial charge in [0, 0.05) is 26.1 Å². The number of carbonyl (C=O) groups excluding carboxylic acids is 2. The minimum Gasteiger partial charge on any atom is -0.463 e. The molecule has 9 atom stereocenters. The molecule has 4 aliphatic carbocycles. The smallest absolute Gasteiger partial charge is 0.407 e. The van der Waals surface area contributed by atoms with Crippen LogP contribution >= 0.6 is 0 Å². The summed E-state index contributed by atoms with van der Waals surface area (Å²) in [7, 11) is 0. The fraction of sp³-hybridized carbons (Fsp3) is 0.864. The zero-order valence-electron chi connectivity index (χ0n) is 44.2. The third-order valence-electron chi connectivity index (χ3n) is 17.5. The topological polar surface area (TPSA) is 86.3 Å². The molecule has 384 valence electrons. The van der Waals surface area contributed by atoms with Crippen molar-refractivity contribution in [2.24, 2.45) is 46.3 Å². The summed E-state index contributed by atoms with van der Waals surface area (Å²) in [5.74, 6) is 4.57. The van der Waals surface area contributed by atoms with Gasteiger partial charge in [0.1, 0.15) is 12.7 Å². The number of esters is 1. The Morgan fingerprint density at radius 2 is 1.55 bits per heavy atom. The monoisotopic (exact) mass is 935 g/mol. The van der Waals surface area contributed by atoms with Crippen LogP contribution in [0, 0.1) is 46.3 Å². The molecule has 1 saturated heterocycles. The first-order valence-electron chi connectivity index (χ1n) is 28.5. The van der Waals surface area contributed by atoms with E-state index in [0.717, 1.165) is 93.9 Å². The molecule has 1 amide bonds. The van der Waals surface area contributed by atoms with Crippen molar-refractivity contribution < 1.29 is 28.5 Å². The van der Waals surface area contributed by atoms with Gasteiger partial charge in [0.05, 0.1) is 25.7 Å². The van der Waals surface area contributed by atoms with Gasteiger partial charge in [0.2, 0.25) is 0 Å². The van der Waals surface area contributed by atoms with E-state index in [0.29, 0.717) is 18.6 Å². The highest BCUT2D eigenvalue weighted by molar-refractivity contribution is 5.71. The van der Waals surface area contributed by atoms with Crippen molar-refractivity contribution in [1.82, 2.24) is 10.2 Å². The number of ether oxygens (including phenoxy) is 4. The quantitative estimate of drug-likeness (QED) is 0.0408. The fourth-order valence-electron chi connectivity index (χ4n) is 13.6. The molecule has 0 spiro atoms. The molecular formula is C59H102N2O6. The first-order valence-corrected chi connectivity index (χ1v) is 28.5. The predicted molar refractivity (Wildman–Crippen MR) is 277 cm³/mol. The van der Waals surface area contributed by atoms with Crippen LogP contribution in [0.15, 0.2) is 36.0 Å².